The minimum Gasteiger partial charge on any atom is -0.378 e. The molecule has 3 rings (SSSR count). The Bertz CT molecular complexity index is 769. The number of fused-ring (bicyclic) bond motifs is 1. The molecule has 0 unspecified atom stereocenters. The number of aryl methyl sites for hydroxylation is 1. The predicted molar refractivity (Wildman–Crippen MR) is 92.1 cm³/mol. The molecular weight excluding hydrogens is 290 g/mol. The maximum Gasteiger partial charge on any atom is 0.255 e. The van der Waals surface area contributed by atoms with Gasteiger partial charge in [-0.2, -0.15) is 0 Å². The van der Waals surface area contributed by atoms with Gasteiger partial charge in [0.1, 0.15) is 0 Å². The van der Waals surface area contributed by atoms with Gasteiger partial charge in [0.05, 0.1) is 0 Å². The lowest BCUT2D eigenvalue weighted by Crippen LogP contribution is -2.19. The van der Waals surface area contributed by atoms with Gasteiger partial charge in [-0.25, -0.2) is 0 Å². The Balaban J connectivity index is 1.78. The monoisotopic (exact) mass is 309 g/mol. The third-order valence-corrected chi connectivity index (χ3v) is 3.88. The van der Waals surface area contributed by atoms with Gasteiger partial charge in [-0.3, -0.25) is 9.59 Å². The molecule has 0 fully saturated rings. The van der Waals surface area contributed by atoms with Crippen molar-refractivity contribution in [2.45, 2.75) is 12.8 Å². The summed E-state index contributed by atoms with van der Waals surface area (Å²) in [5, 5.41) is 5.75. The number of benzene rings is 2. The molecule has 0 atom stereocenters. The third-order valence-electron chi connectivity index (χ3n) is 3.88. The largest absolute Gasteiger partial charge is 0.378 e. The van der Waals surface area contributed by atoms with E-state index in [0.717, 1.165) is 22.6 Å². The average Bonchev–Trinajstić information content (AvgIpc) is 2.55. The van der Waals surface area contributed by atoms with Gasteiger partial charge < -0.3 is 15.5 Å². The summed E-state index contributed by atoms with van der Waals surface area (Å²) in [4.78, 5) is 25.7. The van der Waals surface area contributed by atoms with Gasteiger partial charge in [-0.05, 0) is 48.4 Å². The minimum atomic E-state index is -0.145. The quantitative estimate of drug-likeness (QED) is 0.916. The molecule has 0 spiro atoms. The van der Waals surface area contributed by atoms with Crippen molar-refractivity contribution in [3.8, 4) is 0 Å². The summed E-state index contributed by atoms with van der Waals surface area (Å²) in [7, 11) is 3.88. The Morgan fingerprint density at radius 2 is 1.96 bits per heavy atom. The molecule has 23 heavy (non-hydrogen) atoms. The minimum absolute atomic E-state index is 0.0368. The predicted octanol–water partition coefficient (Wildman–Crippen LogP) is 2.89. The Kier molecular flexibility index (Phi) is 4.02. The zero-order chi connectivity index (χ0) is 16.4. The van der Waals surface area contributed by atoms with E-state index in [9.17, 15) is 9.59 Å². The van der Waals surface area contributed by atoms with Crippen LogP contribution in [0.15, 0.2) is 42.5 Å². The van der Waals surface area contributed by atoms with E-state index in [1.165, 1.54) is 0 Å². The van der Waals surface area contributed by atoms with Crippen molar-refractivity contribution >= 4 is 28.9 Å². The molecule has 2 N–H and O–H groups in total. The molecule has 0 saturated heterocycles. The van der Waals surface area contributed by atoms with Gasteiger partial charge in [0.2, 0.25) is 5.91 Å². The Hall–Kier alpha value is -2.82. The van der Waals surface area contributed by atoms with Crippen LogP contribution in [0.25, 0.3) is 0 Å². The second-order valence-corrected chi connectivity index (χ2v) is 5.82. The van der Waals surface area contributed by atoms with E-state index < -0.39 is 0 Å². The van der Waals surface area contributed by atoms with E-state index in [1.54, 1.807) is 12.1 Å². The maximum atomic E-state index is 12.4. The van der Waals surface area contributed by atoms with E-state index >= 15 is 0 Å². The van der Waals surface area contributed by atoms with E-state index in [1.807, 2.05) is 49.3 Å². The smallest absolute Gasteiger partial charge is 0.255 e. The molecule has 0 saturated carbocycles. The zero-order valence-corrected chi connectivity index (χ0v) is 13.2. The highest BCUT2D eigenvalue weighted by atomic mass is 16.2. The van der Waals surface area contributed by atoms with Crippen molar-refractivity contribution in [3.05, 3.63) is 53.6 Å². The lowest BCUT2D eigenvalue weighted by molar-refractivity contribution is -0.116. The summed E-state index contributed by atoms with van der Waals surface area (Å²) in [6.07, 6.45) is 1.18. The van der Waals surface area contributed by atoms with Crippen molar-refractivity contribution in [1.29, 1.82) is 0 Å². The standard InChI is InChI=1S/C18H19N3O2/c1-21(2)15-5-3-4-13(11-15)18(23)19-14-7-8-16-12(10-14)6-9-17(22)20-16/h3-5,7-8,10-11H,6,9H2,1-2H3,(H,19,23)(H,20,22). The van der Waals surface area contributed by atoms with Crippen LogP contribution >= 0.6 is 0 Å². The second kappa shape index (κ2) is 6.12. The molecule has 118 valence electrons. The first-order chi connectivity index (χ1) is 11.0. The highest BCUT2D eigenvalue weighted by Gasteiger charge is 2.15. The molecular formula is C18H19N3O2. The van der Waals surface area contributed by atoms with Crippen LogP contribution in [0.5, 0.6) is 0 Å². The van der Waals surface area contributed by atoms with Crippen LogP contribution in [0.2, 0.25) is 0 Å². The molecule has 1 aliphatic rings. The zero-order valence-electron chi connectivity index (χ0n) is 13.2. The van der Waals surface area contributed by atoms with Crippen molar-refractivity contribution in [1.82, 2.24) is 0 Å². The van der Waals surface area contributed by atoms with Crippen LogP contribution in [0.1, 0.15) is 22.3 Å². The molecule has 2 amide bonds. The van der Waals surface area contributed by atoms with Gasteiger partial charge in [-0.15, -0.1) is 0 Å². The van der Waals surface area contributed by atoms with Crippen LogP contribution in [-0.4, -0.2) is 25.9 Å². The Morgan fingerprint density at radius 1 is 1.13 bits per heavy atom. The van der Waals surface area contributed by atoms with E-state index in [-0.39, 0.29) is 11.8 Å². The normalized spacial score (nSPS) is 13.0. The average molecular weight is 309 g/mol. The van der Waals surface area contributed by atoms with Crippen LogP contribution in [0, 0.1) is 0 Å². The van der Waals surface area contributed by atoms with Crippen molar-refractivity contribution < 1.29 is 9.59 Å². The number of hydrogen-bond acceptors (Lipinski definition) is 3. The number of nitrogens with zero attached hydrogens (tertiary/aromatic N) is 1. The molecule has 1 heterocycles. The fraction of sp³-hybridized carbons (Fsp3) is 0.222. The first-order valence-corrected chi connectivity index (χ1v) is 7.54. The van der Waals surface area contributed by atoms with Gasteiger partial charge in [0.25, 0.3) is 5.91 Å². The number of amides is 2. The van der Waals surface area contributed by atoms with Gasteiger partial charge in [0, 0.05) is 43.1 Å². The summed E-state index contributed by atoms with van der Waals surface area (Å²) in [6.45, 7) is 0. The molecule has 2 aromatic rings. The topological polar surface area (TPSA) is 61.4 Å². The molecule has 0 radical (unpaired) electrons. The van der Waals surface area contributed by atoms with Gasteiger partial charge in [0.15, 0.2) is 0 Å². The second-order valence-electron chi connectivity index (χ2n) is 5.82. The van der Waals surface area contributed by atoms with Gasteiger partial charge in [-0.1, -0.05) is 6.07 Å². The summed E-state index contributed by atoms with van der Waals surface area (Å²) in [5.41, 5.74) is 4.20. The SMILES string of the molecule is CN(C)c1cccc(C(=O)Nc2ccc3c(c2)CCC(=O)N3)c1. The van der Waals surface area contributed by atoms with Crippen molar-refractivity contribution in [3.63, 3.8) is 0 Å². The van der Waals surface area contributed by atoms with Crippen LogP contribution in [0.3, 0.4) is 0 Å². The van der Waals surface area contributed by atoms with Crippen LogP contribution in [-0.2, 0) is 11.2 Å². The van der Waals surface area contributed by atoms with Gasteiger partial charge >= 0.3 is 0 Å². The van der Waals surface area contributed by atoms with E-state index in [4.69, 9.17) is 0 Å². The van der Waals surface area contributed by atoms with Crippen LogP contribution in [0.4, 0.5) is 17.1 Å². The summed E-state index contributed by atoms with van der Waals surface area (Å²) in [5.74, 6) is -0.108. The fourth-order valence-corrected chi connectivity index (χ4v) is 2.59. The molecule has 1 aliphatic heterocycles. The summed E-state index contributed by atoms with van der Waals surface area (Å²) < 4.78 is 0. The molecule has 0 aromatic heterocycles. The number of hydrogen-bond donors (Lipinski definition) is 2. The Labute approximate surface area is 135 Å². The maximum absolute atomic E-state index is 12.4. The highest BCUT2D eigenvalue weighted by molar-refractivity contribution is 6.05. The molecule has 5 heteroatoms. The number of anilines is 3. The van der Waals surface area contributed by atoms with Crippen LogP contribution < -0.4 is 15.5 Å². The number of carbonyl (C=O) groups is 2. The number of rotatable bonds is 3. The van der Waals surface area contributed by atoms with Crippen molar-refractivity contribution in [2.24, 2.45) is 0 Å². The van der Waals surface area contributed by atoms with E-state index in [2.05, 4.69) is 10.6 Å². The van der Waals surface area contributed by atoms with E-state index in [0.29, 0.717) is 18.4 Å². The molecule has 5 nitrogen and oxygen atoms in total. The molecule has 0 bridgehead atoms. The number of nitrogens with one attached hydrogen (secondary N) is 2. The Morgan fingerprint density at radius 3 is 2.74 bits per heavy atom. The number of carbonyl (C=O) groups excluding carboxylic acids is 2. The summed E-state index contributed by atoms with van der Waals surface area (Å²) >= 11 is 0. The lowest BCUT2D eigenvalue weighted by atomic mass is 10.0. The van der Waals surface area contributed by atoms with Crippen molar-refractivity contribution in [2.75, 3.05) is 29.6 Å². The summed E-state index contributed by atoms with van der Waals surface area (Å²) in [6, 6.07) is 13.0. The first kappa shape index (κ1) is 15.1. The molecule has 2 aromatic carbocycles. The first-order valence-electron chi connectivity index (χ1n) is 7.54. The highest BCUT2D eigenvalue weighted by Crippen LogP contribution is 2.26. The molecule has 0 aliphatic carbocycles. The fourth-order valence-electron chi connectivity index (χ4n) is 2.59. The third kappa shape index (κ3) is 3.34. The lowest BCUT2D eigenvalue weighted by Gasteiger charge is -2.18.